The Balaban J connectivity index is 2.06. The first-order chi connectivity index (χ1) is 10.2. The molecule has 0 saturated heterocycles. The van der Waals surface area contributed by atoms with Gasteiger partial charge in [-0.3, -0.25) is 0 Å². The van der Waals surface area contributed by atoms with E-state index in [2.05, 4.69) is 10.6 Å². The SMILES string of the molecule is Cc1c(F)ccc(NCNc2cc(S(=O)(=O)Cl)cn2C)c1F. The van der Waals surface area contributed by atoms with Crippen LogP contribution in [0.3, 0.4) is 0 Å². The summed E-state index contributed by atoms with van der Waals surface area (Å²) >= 11 is 0. The lowest BCUT2D eigenvalue weighted by Crippen LogP contribution is -2.14. The number of anilines is 2. The van der Waals surface area contributed by atoms with E-state index in [0.717, 1.165) is 0 Å². The van der Waals surface area contributed by atoms with E-state index in [1.807, 2.05) is 0 Å². The van der Waals surface area contributed by atoms with E-state index in [-0.39, 0.29) is 22.8 Å². The van der Waals surface area contributed by atoms with Crippen LogP contribution in [0.1, 0.15) is 5.56 Å². The number of benzene rings is 1. The van der Waals surface area contributed by atoms with Crippen molar-refractivity contribution >= 4 is 31.2 Å². The number of nitrogens with one attached hydrogen (secondary N) is 2. The van der Waals surface area contributed by atoms with Gasteiger partial charge in [-0.15, -0.1) is 0 Å². The molecule has 1 heterocycles. The number of nitrogens with zero attached hydrogens (tertiary/aromatic N) is 1. The molecule has 0 amide bonds. The van der Waals surface area contributed by atoms with Crippen LogP contribution in [0.25, 0.3) is 0 Å². The summed E-state index contributed by atoms with van der Waals surface area (Å²) in [4.78, 5) is -0.0389. The highest BCUT2D eigenvalue weighted by atomic mass is 35.7. The second-order valence-electron chi connectivity index (χ2n) is 4.67. The van der Waals surface area contributed by atoms with Gasteiger partial charge in [0.2, 0.25) is 0 Å². The Labute approximate surface area is 131 Å². The molecule has 1 aromatic carbocycles. The maximum atomic E-state index is 13.8. The molecule has 1 aromatic heterocycles. The zero-order valence-corrected chi connectivity index (χ0v) is 13.4. The molecule has 0 unspecified atom stereocenters. The summed E-state index contributed by atoms with van der Waals surface area (Å²) in [6.07, 6.45) is 1.35. The van der Waals surface area contributed by atoms with Crippen molar-refractivity contribution in [1.82, 2.24) is 4.57 Å². The summed E-state index contributed by atoms with van der Waals surface area (Å²) in [6.45, 7) is 1.46. The second kappa shape index (κ2) is 6.13. The minimum absolute atomic E-state index is 0.0389. The van der Waals surface area contributed by atoms with Crippen molar-refractivity contribution in [2.75, 3.05) is 17.3 Å². The fourth-order valence-corrected chi connectivity index (χ4v) is 2.66. The van der Waals surface area contributed by atoms with E-state index < -0.39 is 20.7 Å². The van der Waals surface area contributed by atoms with Gasteiger partial charge in [0.05, 0.1) is 12.4 Å². The van der Waals surface area contributed by atoms with Crippen LogP contribution in [0.4, 0.5) is 20.3 Å². The molecular formula is C13H14ClF2N3O2S. The molecule has 2 aromatic rings. The van der Waals surface area contributed by atoms with Crippen molar-refractivity contribution in [2.45, 2.75) is 11.8 Å². The van der Waals surface area contributed by atoms with Gasteiger partial charge >= 0.3 is 0 Å². The normalized spacial score (nSPS) is 11.5. The zero-order chi connectivity index (χ0) is 16.5. The van der Waals surface area contributed by atoms with Crippen LogP contribution in [-0.4, -0.2) is 19.7 Å². The third-order valence-electron chi connectivity index (χ3n) is 3.13. The highest BCUT2D eigenvalue weighted by Gasteiger charge is 2.14. The van der Waals surface area contributed by atoms with E-state index in [1.165, 1.54) is 35.9 Å². The summed E-state index contributed by atoms with van der Waals surface area (Å²) < 4.78 is 50.9. The number of hydrogen-bond acceptors (Lipinski definition) is 4. The second-order valence-corrected chi connectivity index (χ2v) is 7.24. The average Bonchev–Trinajstić information content (AvgIpc) is 2.80. The Hall–Kier alpha value is -1.80. The third kappa shape index (κ3) is 3.50. The molecule has 0 aliphatic heterocycles. The van der Waals surface area contributed by atoms with Gasteiger partial charge in [-0.05, 0) is 19.1 Å². The van der Waals surface area contributed by atoms with Crippen LogP contribution in [0.15, 0.2) is 29.3 Å². The van der Waals surface area contributed by atoms with Gasteiger partial charge in [0, 0.05) is 35.6 Å². The van der Waals surface area contributed by atoms with Crippen molar-refractivity contribution in [3.63, 3.8) is 0 Å². The van der Waals surface area contributed by atoms with Crippen LogP contribution >= 0.6 is 10.7 Å². The topological polar surface area (TPSA) is 63.1 Å². The van der Waals surface area contributed by atoms with Crippen LogP contribution in [0.5, 0.6) is 0 Å². The predicted octanol–water partition coefficient (Wildman–Crippen LogP) is 3.02. The Bertz CT molecular complexity index is 806. The molecule has 0 spiro atoms. The van der Waals surface area contributed by atoms with Crippen molar-refractivity contribution in [2.24, 2.45) is 7.05 Å². The summed E-state index contributed by atoms with van der Waals surface area (Å²) in [6, 6.07) is 3.82. The molecule has 0 atom stereocenters. The maximum absolute atomic E-state index is 13.8. The number of halogens is 3. The Morgan fingerprint density at radius 2 is 1.95 bits per heavy atom. The van der Waals surface area contributed by atoms with Gasteiger partial charge in [0.15, 0.2) is 5.82 Å². The first-order valence-electron chi connectivity index (χ1n) is 6.23. The molecule has 2 N–H and O–H groups in total. The van der Waals surface area contributed by atoms with E-state index in [0.29, 0.717) is 5.82 Å². The van der Waals surface area contributed by atoms with E-state index >= 15 is 0 Å². The molecule has 9 heteroatoms. The van der Waals surface area contributed by atoms with Gasteiger partial charge in [0.25, 0.3) is 9.05 Å². The van der Waals surface area contributed by atoms with E-state index in [4.69, 9.17) is 10.7 Å². The molecule has 0 bridgehead atoms. The molecule has 5 nitrogen and oxygen atoms in total. The van der Waals surface area contributed by atoms with Crippen molar-refractivity contribution in [3.05, 3.63) is 41.6 Å². The highest BCUT2D eigenvalue weighted by Crippen LogP contribution is 2.22. The summed E-state index contributed by atoms with van der Waals surface area (Å²) in [5, 5.41) is 5.64. The third-order valence-corrected chi connectivity index (χ3v) is 4.45. The standard InChI is InChI=1S/C13H14ClF2N3O2S/c1-8-10(15)3-4-11(13(8)16)17-7-18-12-5-9(6-19(12)2)22(14,20)21/h3-6,17-18H,7H2,1-2H3. The molecule has 0 fully saturated rings. The Kier molecular flexibility index (Phi) is 4.62. The molecule has 0 radical (unpaired) electrons. The first-order valence-corrected chi connectivity index (χ1v) is 8.54. The lowest BCUT2D eigenvalue weighted by molar-refractivity contribution is 0.570. The van der Waals surface area contributed by atoms with Gasteiger partial charge < -0.3 is 15.2 Å². The molecule has 2 rings (SSSR count). The zero-order valence-electron chi connectivity index (χ0n) is 11.8. The van der Waals surface area contributed by atoms with Crippen molar-refractivity contribution in [1.29, 1.82) is 0 Å². The van der Waals surface area contributed by atoms with Crippen molar-refractivity contribution < 1.29 is 17.2 Å². The Morgan fingerprint density at radius 3 is 2.55 bits per heavy atom. The summed E-state index contributed by atoms with van der Waals surface area (Å²) in [5.74, 6) is -0.806. The van der Waals surface area contributed by atoms with Gasteiger partial charge in [-0.25, -0.2) is 17.2 Å². The first kappa shape index (κ1) is 16.6. The van der Waals surface area contributed by atoms with Gasteiger partial charge in [0.1, 0.15) is 16.5 Å². The lowest BCUT2D eigenvalue weighted by atomic mass is 10.2. The number of rotatable bonds is 5. The number of aryl methyl sites for hydroxylation is 1. The van der Waals surface area contributed by atoms with E-state index in [1.54, 1.807) is 7.05 Å². The van der Waals surface area contributed by atoms with Gasteiger partial charge in [-0.2, -0.15) is 0 Å². The average molecular weight is 350 g/mol. The van der Waals surface area contributed by atoms with Crippen molar-refractivity contribution in [3.8, 4) is 0 Å². The number of aromatic nitrogens is 1. The summed E-state index contributed by atoms with van der Waals surface area (Å²) in [7, 11) is 3.08. The molecule has 0 aliphatic rings. The molecule has 0 saturated carbocycles. The maximum Gasteiger partial charge on any atom is 0.262 e. The summed E-state index contributed by atoms with van der Waals surface area (Å²) in [5.41, 5.74) is 0.0742. The minimum atomic E-state index is -3.81. The predicted molar refractivity (Wildman–Crippen MR) is 81.7 cm³/mol. The quantitative estimate of drug-likeness (QED) is 0.643. The Morgan fingerprint density at radius 1 is 1.27 bits per heavy atom. The van der Waals surface area contributed by atoms with Gasteiger partial charge in [-0.1, -0.05) is 0 Å². The molecular weight excluding hydrogens is 336 g/mol. The lowest BCUT2D eigenvalue weighted by Gasteiger charge is -2.12. The monoisotopic (exact) mass is 349 g/mol. The van der Waals surface area contributed by atoms with Crippen LogP contribution in [0, 0.1) is 18.6 Å². The van der Waals surface area contributed by atoms with E-state index in [9.17, 15) is 17.2 Å². The fraction of sp³-hybridized carbons (Fsp3) is 0.231. The fourth-order valence-electron chi connectivity index (χ4n) is 1.87. The van der Waals surface area contributed by atoms with Crippen LogP contribution < -0.4 is 10.6 Å². The van der Waals surface area contributed by atoms with Crippen LogP contribution in [-0.2, 0) is 16.1 Å². The van der Waals surface area contributed by atoms with Crippen LogP contribution in [0.2, 0.25) is 0 Å². The molecule has 22 heavy (non-hydrogen) atoms. The largest absolute Gasteiger partial charge is 0.366 e. The molecule has 0 aliphatic carbocycles. The molecule has 120 valence electrons. The number of hydrogen-bond donors (Lipinski definition) is 2. The minimum Gasteiger partial charge on any atom is -0.366 e. The smallest absolute Gasteiger partial charge is 0.262 e. The highest BCUT2D eigenvalue weighted by molar-refractivity contribution is 8.13.